The molecule has 2 amide bonds. The van der Waals surface area contributed by atoms with Gasteiger partial charge in [0.2, 0.25) is 5.91 Å². The zero-order valence-corrected chi connectivity index (χ0v) is 14.0. The maximum absolute atomic E-state index is 12.8. The number of rotatable bonds is 4. The molecule has 2 aromatic rings. The molecule has 25 heavy (non-hydrogen) atoms. The summed E-state index contributed by atoms with van der Waals surface area (Å²) < 4.78 is 5.45. The van der Waals surface area contributed by atoms with Gasteiger partial charge in [-0.05, 0) is 37.1 Å². The second-order valence-electron chi connectivity index (χ2n) is 6.42. The Bertz CT molecular complexity index is 772. The van der Waals surface area contributed by atoms with Crippen molar-refractivity contribution < 1.29 is 14.3 Å². The van der Waals surface area contributed by atoms with Crippen LogP contribution in [0.4, 0.5) is 5.69 Å². The molecule has 6 heteroatoms. The van der Waals surface area contributed by atoms with E-state index in [9.17, 15) is 9.59 Å². The first-order chi connectivity index (χ1) is 12.2. The minimum Gasteiger partial charge on any atom is -0.482 e. The molecule has 1 atom stereocenters. The summed E-state index contributed by atoms with van der Waals surface area (Å²) in [5, 5.41) is 0. The first-order valence-electron chi connectivity index (χ1n) is 8.69. The minimum atomic E-state index is -0.103. The van der Waals surface area contributed by atoms with Gasteiger partial charge in [-0.25, -0.2) is 0 Å². The number of aromatic nitrogens is 1. The van der Waals surface area contributed by atoms with E-state index in [4.69, 9.17) is 4.74 Å². The lowest BCUT2D eigenvalue weighted by Gasteiger charge is -2.30. The summed E-state index contributed by atoms with van der Waals surface area (Å²) in [7, 11) is 0. The van der Waals surface area contributed by atoms with E-state index in [1.807, 2.05) is 47.5 Å². The van der Waals surface area contributed by atoms with E-state index in [2.05, 4.69) is 4.98 Å². The highest BCUT2D eigenvalue weighted by molar-refractivity contribution is 5.98. The number of fused-ring (bicyclic) bond motifs is 1. The molecule has 1 N–H and O–H groups in total. The molecule has 1 aromatic carbocycles. The summed E-state index contributed by atoms with van der Waals surface area (Å²) in [5.41, 5.74) is 1.83. The average molecular weight is 339 g/mol. The van der Waals surface area contributed by atoms with Gasteiger partial charge < -0.3 is 19.5 Å². The Morgan fingerprint density at radius 3 is 2.96 bits per heavy atom. The van der Waals surface area contributed by atoms with Crippen molar-refractivity contribution in [3.8, 4) is 5.75 Å². The van der Waals surface area contributed by atoms with Crippen molar-refractivity contribution in [3.05, 3.63) is 48.3 Å². The van der Waals surface area contributed by atoms with Crippen molar-refractivity contribution in [2.45, 2.75) is 25.3 Å². The molecule has 2 aliphatic rings. The predicted octanol–water partition coefficient (Wildman–Crippen LogP) is 2.49. The van der Waals surface area contributed by atoms with Gasteiger partial charge in [-0.15, -0.1) is 0 Å². The lowest BCUT2D eigenvalue weighted by Crippen LogP contribution is -2.41. The highest BCUT2D eigenvalue weighted by Gasteiger charge is 2.31. The van der Waals surface area contributed by atoms with Gasteiger partial charge in [-0.2, -0.15) is 0 Å². The van der Waals surface area contributed by atoms with Crippen molar-refractivity contribution in [3.63, 3.8) is 0 Å². The second kappa shape index (κ2) is 6.63. The zero-order valence-electron chi connectivity index (χ0n) is 14.0. The minimum absolute atomic E-state index is 0.0278. The summed E-state index contributed by atoms with van der Waals surface area (Å²) in [6.07, 6.45) is 4.19. The van der Waals surface area contributed by atoms with Crippen LogP contribution in [-0.2, 0) is 9.59 Å². The van der Waals surface area contributed by atoms with Crippen LogP contribution in [0, 0.1) is 0 Å². The Labute approximate surface area is 146 Å². The summed E-state index contributed by atoms with van der Waals surface area (Å²) in [6.45, 7) is 1.18. The Kier molecular flexibility index (Phi) is 4.17. The molecule has 1 aromatic heterocycles. The van der Waals surface area contributed by atoms with Crippen LogP contribution in [0.3, 0.4) is 0 Å². The molecule has 2 aliphatic heterocycles. The average Bonchev–Trinajstić information content (AvgIpc) is 3.31. The van der Waals surface area contributed by atoms with Gasteiger partial charge in [-0.3, -0.25) is 9.59 Å². The molecular formula is C19H21N3O3. The SMILES string of the molecule is O=C1COc2ccccc2N1CCC(=O)N1CCC[C@@H]1c1ccc[nH]1. The number of nitrogens with one attached hydrogen (secondary N) is 1. The molecule has 1 saturated heterocycles. The number of aromatic amines is 1. The number of anilines is 1. The lowest BCUT2D eigenvalue weighted by molar-refractivity contribution is -0.132. The number of H-pyrrole nitrogens is 1. The smallest absolute Gasteiger partial charge is 0.265 e. The van der Waals surface area contributed by atoms with Gasteiger partial charge in [0, 0.05) is 31.4 Å². The van der Waals surface area contributed by atoms with Gasteiger partial charge in [0.25, 0.3) is 5.91 Å². The van der Waals surface area contributed by atoms with Crippen LogP contribution in [0.1, 0.15) is 31.0 Å². The Balaban J connectivity index is 1.44. The number of amides is 2. The van der Waals surface area contributed by atoms with Gasteiger partial charge in [0.15, 0.2) is 6.61 Å². The van der Waals surface area contributed by atoms with Crippen LogP contribution in [0.2, 0.25) is 0 Å². The van der Waals surface area contributed by atoms with Gasteiger partial charge in [0.1, 0.15) is 5.75 Å². The van der Waals surface area contributed by atoms with Crippen LogP contribution in [-0.4, -0.2) is 41.4 Å². The van der Waals surface area contributed by atoms with Crippen LogP contribution in [0.5, 0.6) is 5.75 Å². The number of carbonyl (C=O) groups excluding carboxylic acids is 2. The molecule has 4 rings (SSSR count). The molecule has 130 valence electrons. The molecule has 3 heterocycles. The molecule has 0 spiro atoms. The summed E-state index contributed by atoms with van der Waals surface area (Å²) in [4.78, 5) is 31.8. The predicted molar refractivity (Wildman–Crippen MR) is 93.4 cm³/mol. The van der Waals surface area contributed by atoms with Crippen LogP contribution >= 0.6 is 0 Å². The molecular weight excluding hydrogens is 318 g/mol. The number of ether oxygens (including phenoxy) is 1. The third kappa shape index (κ3) is 2.99. The van der Waals surface area contributed by atoms with Crippen molar-refractivity contribution in [2.75, 3.05) is 24.6 Å². The largest absolute Gasteiger partial charge is 0.482 e. The quantitative estimate of drug-likeness (QED) is 0.931. The Hall–Kier alpha value is -2.76. The van der Waals surface area contributed by atoms with E-state index in [0.29, 0.717) is 18.7 Å². The van der Waals surface area contributed by atoms with E-state index in [-0.39, 0.29) is 24.5 Å². The maximum Gasteiger partial charge on any atom is 0.265 e. The van der Waals surface area contributed by atoms with Gasteiger partial charge >= 0.3 is 0 Å². The zero-order chi connectivity index (χ0) is 17.2. The van der Waals surface area contributed by atoms with E-state index >= 15 is 0 Å². The number of carbonyl (C=O) groups is 2. The van der Waals surface area contributed by atoms with Crippen LogP contribution in [0.15, 0.2) is 42.6 Å². The fourth-order valence-electron chi connectivity index (χ4n) is 3.69. The number of hydrogen-bond donors (Lipinski definition) is 1. The number of hydrogen-bond acceptors (Lipinski definition) is 3. The van der Waals surface area contributed by atoms with E-state index < -0.39 is 0 Å². The van der Waals surface area contributed by atoms with Gasteiger partial charge in [0.05, 0.1) is 11.7 Å². The van der Waals surface area contributed by atoms with Crippen LogP contribution in [0.25, 0.3) is 0 Å². The normalized spacial score (nSPS) is 19.7. The first-order valence-corrected chi connectivity index (χ1v) is 8.69. The number of likely N-dealkylation sites (tertiary alicyclic amines) is 1. The highest BCUT2D eigenvalue weighted by Crippen LogP contribution is 2.33. The Morgan fingerprint density at radius 2 is 2.12 bits per heavy atom. The molecule has 1 fully saturated rings. The van der Waals surface area contributed by atoms with Crippen molar-refractivity contribution in [1.82, 2.24) is 9.88 Å². The summed E-state index contributed by atoms with van der Waals surface area (Å²) in [5.74, 6) is 0.683. The monoisotopic (exact) mass is 339 g/mol. The Morgan fingerprint density at radius 1 is 1.24 bits per heavy atom. The lowest BCUT2D eigenvalue weighted by atomic mass is 10.1. The summed E-state index contributed by atoms with van der Waals surface area (Å²) in [6, 6.07) is 11.6. The second-order valence-corrected chi connectivity index (χ2v) is 6.42. The first kappa shape index (κ1) is 15.7. The molecule has 0 saturated carbocycles. The third-order valence-corrected chi connectivity index (χ3v) is 4.91. The van der Waals surface area contributed by atoms with E-state index in [0.717, 1.165) is 30.8 Å². The number of para-hydroxylation sites is 2. The standard InChI is InChI=1S/C19H21N3O3/c23-18(21-11-4-7-15(21)14-5-3-10-20-14)9-12-22-16-6-1-2-8-17(16)25-13-19(22)24/h1-3,5-6,8,10,15,20H,4,7,9,11-13H2/t15-/m1/s1. The van der Waals surface area contributed by atoms with E-state index in [1.54, 1.807) is 4.90 Å². The summed E-state index contributed by atoms with van der Waals surface area (Å²) >= 11 is 0. The van der Waals surface area contributed by atoms with Crippen molar-refractivity contribution in [1.29, 1.82) is 0 Å². The van der Waals surface area contributed by atoms with Crippen LogP contribution < -0.4 is 9.64 Å². The number of nitrogens with zero attached hydrogens (tertiary/aromatic N) is 2. The molecule has 0 radical (unpaired) electrons. The maximum atomic E-state index is 12.8. The topological polar surface area (TPSA) is 65.6 Å². The third-order valence-electron chi connectivity index (χ3n) is 4.91. The van der Waals surface area contributed by atoms with Crippen molar-refractivity contribution in [2.24, 2.45) is 0 Å². The van der Waals surface area contributed by atoms with E-state index in [1.165, 1.54) is 0 Å². The number of benzene rings is 1. The van der Waals surface area contributed by atoms with Crippen molar-refractivity contribution >= 4 is 17.5 Å². The fraction of sp³-hybridized carbons (Fsp3) is 0.368. The molecule has 6 nitrogen and oxygen atoms in total. The molecule has 0 bridgehead atoms. The van der Waals surface area contributed by atoms with Gasteiger partial charge in [-0.1, -0.05) is 12.1 Å². The fourth-order valence-corrected chi connectivity index (χ4v) is 3.69. The molecule has 0 aliphatic carbocycles. The molecule has 0 unspecified atom stereocenters. The highest BCUT2D eigenvalue weighted by atomic mass is 16.5.